The number of carbonyl (C=O) groups excluding carboxylic acids is 1. The van der Waals surface area contributed by atoms with Gasteiger partial charge < -0.3 is 10.2 Å². The third-order valence-electron chi connectivity index (χ3n) is 5.60. The van der Waals surface area contributed by atoms with Gasteiger partial charge in [-0.05, 0) is 45.0 Å². The molecule has 29 heavy (non-hydrogen) atoms. The van der Waals surface area contributed by atoms with Gasteiger partial charge in [0, 0.05) is 39.3 Å². The lowest BCUT2D eigenvalue weighted by molar-refractivity contribution is -0.133. The Kier molecular flexibility index (Phi) is 10.3. The Bertz CT molecular complexity index is 747. The van der Waals surface area contributed by atoms with Crippen molar-refractivity contribution in [3.05, 3.63) is 29.8 Å². The van der Waals surface area contributed by atoms with E-state index in [1.807, 2.05) is 31.0 Å². The van der Waals surface area contributed by atoms with Crippen molar-refractivity contribution >= 4 is 40.7 Å². The molecule has 2 heterocycles. The molecule has 0 unspecified atom stereocenters. The molecule has 2 saturated heterocycles. The molecule has 0 atom stereocenters. The molecule has 166 valence electrons. The fourth-order valence-corrected chi connectivity index (χ4v) is 5.11. The first-order chi connectivity index (χ1) is 12.9. The van der Waals surface area contributed by atoms with Crippen LogP contribution in [0.15, 0.2) is 29.2 Å². The van der Waals surface area contributed by atoms with Crippen molar-refractivity contribution in [2.45, 2.75) is 30.7 Å². The molecule has 0 aliphatic carbocycles. The first kappa shape index (κ1) is 26.1. The summed E-state index contributed by atoms with van der Waals surface area (Å²) >= 11 is 0. The number of aryl methyl sites for hydroxylation is 1. The molecule has 1 aromatic carbocycles. The van der Waals surface area contributed by atoms with Crippen molar-refractivity contribution < 1.29 is 13.2 Å². The van der Waals surface area contributed by atoms with Gasteiger partial charge in [0.2, 0.25) is 15.9 Å². The predicted octanol–water partition coefficient (Wildman–Crippen LogP) is 1.36. The molecule has 1 N–H and O–H groups in total. The Hall–Kier alpha value is -0.900. The van der Waals surface area contributed by atoms with E-state index in [2.05, 4.69) is 10.2 Å². The lowest BCUT2D eigenvalue weighted by Crippen LogP contribution is -2.52. The minimum atomic E-state index is -3.46. The zero-order valence-electron chi connectivity index (χ0n) is 17.0. The summed E-state index contributed by atoms with van der Waals surface area (Å²) in [5, 5.41) is 3.31. The molecule has 2 aliphatic rings. The quantitative estimate of drug-likeness (QED) is 0.708. The third-order valence-corrected chi connectivity index (χ3v) is 7.51. The van der Waals surface area contributed by atoms with Crippen LogP contribution in [-0.4, -0.2) is 87.3 Å². The predicted molar refractivity (Wildman–Crippen MR) is 120 cm³/mol. The zero-order chi connectivity index (χ0) is 19.4. The first-order valence-electron chi connectivity index (χ1n) is 9.63. The summed E-state index contributed by atoms with van der Waals surface area (Å²) in [5.74, 6) is 0.122. The number of likely N-dealkylation sites (N-methyl/N-ethyl adjacent to an activating group) is 1. The molecule has 3 rings (SSSR count). The average molecular weight is 467 g/mol. The van der Waals surface area contributed by atoms with Crippen LogP contribution in [0.3, 0.4) is 0 Å². The fourth-order valence-electron chi connectivity index (χ4n) is 3.69. The maximum atomic E-state index is 12.8. The highest BCUT2D eigenvalue weighted by Crippen LogP contribution is 2.18. The van der Waals surface area contributed by atoms with Gasteiger partial charge in [0.15, 0.2) is 0 Å². The largest absolute Gasteiger partial charge is 0.342 e. The summed E-state index contributed by atoms with van der Waals surface area (Å²) < 4.78 is 27.1. The number of sulfonamides is 1. The molecular weight excluding hydrogens is 435 g/mol. The molecule has 1 amide bonds. The Morgan fingerprint density at radius 2 is 1.62 bits per heavy atom. The second kappa shape index (κ2) is 11.5. The van der Waals surface area contributed by atoms with Crippen LogP contribution in [0.4, 0.5) is 0 Å². The van der Waals surface area contributed by atoms with E-state index < -0.39 is 10.0 Å². The van der Waals surface area contributed by atoms with E-state index in [1.165, 1.54) is 4.31 Å². The number of piperidine rings is 1. The van der Waals surface area contributed by atoms with E-state index in [0.717, 1.165) is 31.5 Å². The van der Waals surface area contributed by atoms with Crippen LogP contribution in [0.25, 0.3) is 0 Å². The zero-order valence-corrected chi connectivity index (χ0v) is 19.5. The Morgan fingerprint density at radius 1 is 1.07 bits per heavy atom. The van der Waals surface area contributed by atoms with Crippen LogP contribution in [-0.2, 0) is 14.8 Å². The van der Waals surface area contributed by atoms with Gasteiger partial charge in [0.05, 0.1) is 11.4 Å². The summed E-state index contributed by atoms with van der Waals surface area (Å²) in [4.78, 5) is 16.8. The lowest BCUT2D eigenvalue weighted by Gasteiger charge is -2.36. The third kappa shape index (κ3) is 6.54. The van der Waals surface area contributed by atoms with Crippen LogP contribution >= 0.6 is 24.8 Å². The highest BCUT2D eigenvalue weighted by molar-refractivity contribution is 7.89. The summed E-state index contributed by atoms with van der Waals surface area (Å²) in [5.41, 5.74) is 1.04. The summed E-state index contributed by atoms with van der Waals surface area (Å²) in [7, 11) is -1.57. The monoisotopic (exact) mass is 466 g/mol. The number of amides is 1. The van der Waals surface area contributed by atoms with Crippen molar-refractivity contribution in [2.24, 2.45) is 0 Å². The summed E-state index contributed by atoms with van der Waals surface area (Å²) in [6.45, 7) is 6.20. The number of benzene rings is 1. The molecule has 7 nitrogen and oxygen atoms in total. The maximum Gasteiger partial charge on any atom is 0.243 e. The number of nitrogens with zero attached hydrogens (tertiary/aromatic N) is 3. The topological polar surface area (TPSA) is 73.0 Å². The number of hydrogen-bond donors (Lipinski definition) is 1. The molecule has 1 aromatic rings. The number of carbonyl (C=O) groups is 1. The van der Waals surface area contributed by atoms with Crippen LogP contribution in [0.2, 0.25) is 0 Å². The minimum Gasteiger partial charge on any atom is -0.342 e. The van der Waals surface area contributed by atoms with Crippen LogP contribution in [0.5, 0.6) is 0 Å². The van der Waals surface area contributed by atoms with Gasteiger partial charge in [-0.1, -0.05) is 17.7 Å². The van der Waals surface area contributed by atoms with Gasteiger partial charge in [-0.3, -0.25) is 9.69 Å². The molecule has 0 bridgehead atoms. The normalized spacial score (nSPS) is 19.1. The van der Waals surface area contributed by atoms with E-state index in [9.17, 15) is 13.2 Å². The summed E-state index contributed by atoms with van der Waals surface area (Å²) in [6, 6.07) is 7.27. The number of hydrogen-bond acceptors (Lipinski definition) is 5. The van der Waals surface area contributed by atoms with E-state index in [4.69, 9.17) is 0 Å². The molecule has 0 spiro atoms. The molecular formula is C19H32Cl2N4O3S. The second-order valence-corrected chi connectivity index (χ2v) is 9.42. The highest BCUT2D eigenvalue weighted by Gasteiger charge is 2.30. The fraction of sp³-hybridized carbons (Fsp3) is 0.632. The van der Waals surface area contributed by atoms with E-state index >= 15 is 0 Å². The van der Waals surface area contributed by atoms with Crippen molar-refractivity contribution in [3.8, 4) is 0 Å². The van der Waals surface area contributed by atoms with E-state index in [-0.39, 0.29) is 30.7 Å². The summed E-state index contributed by atoms with van der Waals surface area (Å²) in [6.07, 6.45) is 1.98. The number of rotatable bonds is 5. The van der Waals surface area contributed by atoms with Crippen molar-refractivity contribution in [2.75, 3.05) is 52.9 Å². The van der Waals surface area contributed by atoms with Crippen molar-refractivity contribution in [1.82, 2.24) is 19.4 Å². The van der Waals surface area contributed by atoms with E-state index in [1.54, 1.807) is 12.1 Å². The molecule has 0 aromatic heterocycles. The van der Waals surface area contributed by atoms with Gasteiger partial charge in [0.25, 0.3) is 0 Å². The van der Waals surface area contributed by atoms with Gasteiger partial charge in [-0.2, -0.15) is 4.31 Å². The Labute approximate surface area is 186 Å². The maximum absolute atomic E-state index is 12.8. The molecule has 2 fully saturated rings. The van der Waals surface area contributed by atoms with Crippen LogP contribution < -0.4 is 5.32 Å². The number of halogens is 2. The van der Waals surface area contributed by atoms with Gasteiger partial charge in [-0.25, -0.2) is 8.42 Å². The lowest BCUT2D eigenvalue weighted by atomic mass is 10.1. The standard InChI is InChI=1S/C19H30N4O3S.2ClH/c1-16-3-5-18(6-4-16)27(25,26)23-13-11-22(12-14-23)15-19(24)21(2)17-7-9-20-10-8-17;;/h3-6,17,20H,7-15H2,1-2H3;2*1H. The molecule has 10 heteroatoms. The van der Waals surface area contributed by atoms with Crippen LogP contribution in [0, 0.1) is 6.92 Å². The second-order valence-electron chi connectivity index (χ2n) is 7.48. The molecule has 0 saturated carbocycles. The molecule has 2 aliphatic heterocycles. The number of nitrogens with one attached hydrogen (secondary N) is 1. The average Bonchev–Trinajstić information content (AvgIpc) is 2.69. The van der Waals surface area contributed by atoms with Gasteiger partial charge >= 0.3 is 0 Å². The Balaban J connectivity index is 0.00000210. The van der Waals surface area contributed by atoms with Crippen molar-refractivity contribution in [1.29, 1.82) is 0 Å². The van der Waals surface area contributed by atoms with Crippen LogP contribution in [0.1, 0.15) is 18.4 Å². The first-order valence-corrected chi connectivity index (χ1v) is 11.1. The number of piperazine rings is 1. The minimum absolute atomic E-state index is 0. The smallest absolute Gasteiger partial charge is 0.243 e. The van der Waals surface area contributed by atoms with E-state index in [0.29, 0.717) is 43.7 Å². The highest BCUT2D eigenvalue weighted by atomic mass is 35.5. The van der Waals surface area contributed by atoms with Gasteiger partial charge in [0.1, 0.15) is 0 Å². The Morgan fingerprint density at radius 3 is 2.17 bits per heavy atom. The SMILES string of the molecule is Cc1ccc(S(=O)(=O)N2CCN(CC(=O)N(C)C3CCNCC3)CC2)cc1.Cl.Cl. The van der Waals surface area contributed by atoms with Gasteiger partial charge in [-0.15, -0.1) is 24.8 Å². The van der Waals surface area contributed by atoms with Crippen molar-refractivity contribution in [3.63, 3.8) is 0 Å². The molecule has 0 radical (unpaired) electrons.